The molecule has 0 saturated carbocycles. The van der Waals surface area contributed by atoms with Crippen LogP contribution in [0.15, 0.2) is 5.11 Å². The van der Waals surface area contributed by atoms with Gasteiger partial charge < -0.3 is 15.9 Å². The van der Waals surface area contributed by atoms with Crippen LogP contribution in [0.4, 0.5) is 0 Å². The van der Waals surface area contributed by atoms with Gasteiger partial charge in [0.2, 0.25) is 0 Å². The van der Waals surface area contributed by atoms with Gasteiger partial charge in [-0.15, -0.1) is 0 Å². The highest BCUT2D eigenvalue weighted by molar-refractivity contribution is 5.73. The average molecular weight is 160 g/mol. The van der Waals surface area contributed by atoms with E-state index in [1.807, 2.05) is 0 Å². The number of nitrogens with zero attached hydrogens (tertiary/aromatic N) is 3. The molecule has 4 N–H and O–H groups in total. The number of azide groups is 1. The molecule has 0 radical (unpaired) electrons. The second-order valence-electron chi connectivity index (χ2n) is 1.84. The molecule has 0 spiro atoms. The van der Waals surface area contributed by atoms with E-state index < -0.39 is 18.1 Å². The van der Waals surface area contributed by atoms with Crippen LogP contribution in [0.5, 0.6) is 0 Å². The van der Waals surface area contributed by atoms with Crippen LogP contribution in [0.1, 0.15) is 0 Å². The molecule has 0 aromatic carbocycles. The number of aliphatic hydroxyl groups excluding tert-OH is 1. The minimum atomic E-state index is -1.40. The molecule has 0 fully saturated rings. The maximum atomic E-state index is 10.1. The molecular weight excluding hydrogens is 152 g/mol. The van der Waals surface area contributed by atoms with Crippen molar-refractivity contribution < 1.29 is 15.0 Å². The molecule has 7 nitrogen and oxygen atoms in total. The van der Waals surface area contributed by atoms with Crippen LogP contribution < -0.4 is 5.73 Å². The van der Waals surface area contributed by atoms with Gasteiger partial charge in [-0.2, -0.15) is 0 Å². The fourth-order valence-electron chi connectivity index (χ4n) is 0.398. The Kier molecular flexibility index (Phi) is 3.97. The van der Waals surface area contributed by atoms with Gasteiger partial charge in [-0.3, -0.25) is 4.79 Å². The van der Waals surface area contributed by atoms with E-state index >= 15 is 0 Å². The van der Waals surface area contributed by atoms with Crippen LogP contribution in [-0.4, -0.2) is 34.9 Å². The summed E-state index contributed by atoms with van der Waals surface area (Å²) in [4.78, 5) is 12.4. The molecule has 0 aliphatic rings. The SMILES string of the molecule is [N-]=[N+]=NC[C@H](O)[C@@H](N)C(=O)O. The molecule has 0 heterocycles. The van der Waals surface area contributed by atoms with Gasteiger partial charge in [0.1, 0.15) is 6.04 Å². The van der Waals surface area contributed by atoms with E-state index in [-0.39, 0.29) is 6.54 Å². The van der Waals surface area contributed by atoms with Crippen molar-refractivity contribution in [3.8, 4) is 0 Å². The van der Waals surface area contributed by atoms with Crippen molar-refractivity contribution in [3.63, 3.8) is 0 Å². The van der Waals surface area contributed by atoms with Crippen molar-refractivity contribution in [1.82, 2.24) is 0 Å². The van der Waals surface area contributed by atoms with Crippen molar-refractivity contribution in [2.75, 3.05) is 6.54 Å². The summed E-state index contributed by atoms with van der Waals surface area (Å²) >= 11 is 0. The Bertz CT molecular complexity index is 188. The molecular formula is C4H8N4O3. The number of carboxylic acids is 1. The highest BCUT2D eigenvalue weighted by Crippen LogP contribution is 1.91. The van der Waals surface area contributed by atoms with Gasteiger partial charge in [0.15, 0.2) is 0 Å². The molecule has 0 unspecified atom stereocenters. The average Bonchev–Trinajstić information content (AvgIpc) is 1.98. The zero-order valence-electron chi connectivity index (χ0n) is 5.58. The van der Waals surface area contributed by atoms with Crippen molar-refractivity contribution in [3.05, 3.63) is 10.4 Å². The first-order valence-electron chi connectivity index (χ1n) is 2.77. The third-order valence-corrected chi connectivity index (χ3v) is 1.03. The fraction of sp³-hybridized carbons (Fsp3) is 0.750. The molecule has 11 heavy (non-hydrogen) atoms. The molecule has 0 aliphatic carbocycles. The third kappa shape index (κ3) is 3.41. The summed E-state index contributed by atoms with van der Waals surface area (Å²) in [5.74, 6) is -1.33. The Balaban J connectivity index is 3.91. The van der Waals surface area contributed by atoms with E-state index in [4.69, 9.17) is 21.5 Å². The van der Waals surface area contributed by atoms with E-state index in [1.54, 1.807) is 0 Å². The number of aliphatic hydroxyl groups is 1. The summed E-state index contributed by atoms with van der Waals surface area (Å²) in [6.45, 7) is -0.329. The number of aliphatic carboxylic acids is 1. The standard InChI is InChI=1S/C4H8N4O3/c5-3(4(10)11)2(9)1-7-8-6/h2-3,9H,1,5H2,(H,10,11)/t2-,3+/m0/s1. The van der Waals surface area contributed by atoms with Gasteiger partial charge in [0.05, 0.1) is 12.6 Å². The lowest BCUT2D eigenvalue weighted by atomic mass is 10.2. The van der Waals surface area contributed by atoms with Gasteiger partial charge in [-0.1, -0.05) is 5.11 Å². The van der Waals surface area contributed by atoms with Crippen LogP contribution in [0, 0.1) is 0 Å². The zero-order valence-corrected chi connectivity index (χ0v) is 5.58. The highest BCUT2D eigenvalue weighted by Gasteiger charge is 2.20. The Hall–Kier alpha value is -1.30. The van der Waals surface area contributed by atoms with Crippen LogP contribution >= 0.6 is 0 Å². The van der Waals surface area contributed by atoms with E-state index in [2.05, 4.69) is 10.0 Å². The Morgan fingerprint density at radius 3 is 2.73 bits per heavy atom. The summed E-state index contributed by atoms with van der Waals surface area (Å²) in [5, 5.41) is 20.0. The summed E-state index contributed by atoms with van der Waals surface area (Å²) in [6, 6.07) is -1.40. The second-order valence-corrected chi connectivity index (χ2v) is 1.84. The van der Waals surface area contributed by atoms with Crippen molar-refractivity contribution in [2.45, 2.75) is 12.1 Å². The number of nitrogens with two attached hydrogens (primary N) is 1. The number of rotatable bonds is 4. The second kappa shape index (κ2) is 4.51. The maximum Gasteiger partial charge on any atom is 0.323 e. The fourth-order valence-corrected chi connectivity index (χ4v) is 0.398. The number of hydrogen-bond acceptors (Lipinski definition) is 4. The van der Waals surface area contributed by atoms with Crippen LogP contribution in [0.25, 0.3) is 10.4 Å². The first kappa shape index (κ1) is 9.70. The lowest BCUT2D eigenvalue weighted by molar-refractivity contribution is -0.141. The lowest BCUT2D eigenvalue weighted by Gasteiger charge is -2.10. The summed E-state index contributed by atoms with van der Waals surface area (Å²) < 4.78 is 0. The molecule has 62 valence electrons. The Labute approximate surface area is 62.1 Å². The summed E-state index contributed by atoms with van der Waals surface area (Å²) in [7, 11) is 0. The molecule has 0 aromatic heterocycles. The van der Waals surface area contributed by atoms with Gasteiger partial charge >= 0.3 is 5.97 Å². The number of carbonyl (C=O) groups is 1. The highest BCUT2D eigenvalue weighted by atomic mass is 16.4. The van der Waals surface area contributed by atoms with Crippen molar-refractivity contribution in [1.29, 1.82) is 0 Å². The quantitative estimate of drug-likeness (QED) is 0.278. The molecule has 0 amide bonds. The topological polar surface area (TPSA) is 132 Å². The lowest BCUT2D eigenvalue weighted by Crippen LogP contribution is -2.43. The van der Waals surface area contributed by atoms with Crippen molar-refractivity contribution >= 4 is 5.97 Å². The first-order chi connectivity index (χ1) is 5.09. The van der Waals surface area contributed by atoms with E-state index in [9.17, 15) is 4.79 Å². The van der Waals surface area contributed by atoms with Gasteiger partial charge in [-0.05, 0) is 5.53 Å². The van der Waals surface area contributed by atoms with Gasteiger partial charge in [0.25, 0.3) is 0 Å². The minimum absolute atomic E-state index is 0.329. The van der Waals surface area contributed by atoms with Gasteiger partial charge in [-0.25, -0.2) is 0 Å². The Morgan fingerprint density at radius 1 is 1.82 bits per heavy atom. The normalized spacial score (nSPS) is 14.7. The van der Waals surface area contributed by atoms with Crippen LogP contribution in [-0.2, 0) is 4.79 Å². The summed E-state index contributed by atoms with van der Waals surface area (Å²) in [6.07, 6.45) is -1.33. The van der Waals surface area contributed by atoms with Gasteiger partial charge in [0, 0.05) is 4.91 Å². The maximum absolute atomic E-state index is 10.1. The largest absolute Gasteiger partial charge is 0.480 e. The van der Waals surface area contributed by atoms with E-state index in [1.165, 1.54) is 0 Å². The predicted octanol–water partition coefficient (Wildman–Crippen LogP) is -0.931. The third-order valence-electron chi connectivity index (χ3n) is 1.03. The monoisotopic (exact) mass is 160 g/mol. The number of carboxylic acid groups (broad SMARTS) is 1. The molecule has 7 heteroatoms. The smallest absolute Gasteiger partial charge is 0.323 e. The van der Waals surface area contributed by atoms with Crippen LogP contribution in [0.2, 0.25) is 0 Å². The molecule has 0 aliphatic heterocycles. The molecule has 0 aromatic rings. The van der Waals surface area contributed by atoms with Crippen molar-refractivity contribution in [2.24, 2.45) is 10.8 Å². The predicted molar refractivity (Wildman–Crippen MR) is 35.6 cm³/mol. The molecule has 0 bridgehead atoms. The molecule has 0 saturated heterocycles. The molecule has 2 atom stereocenters. The van der Waals surface area contributed by atoms with E-state index in [0.717, 1.165) is 0 Å². The minimum Gasteiger partial charge on any atom is -0.480 e. The molecule has 0 rings (SSSR count). The first-order valence-corrected chi connectivity index (χ1v) is 2.77. The summed E-state index contributed by atoms with van der Waals surface area (Å²) in [5.41, 5.74) is 12.8. The van der Waals surface area contributed by atoms with E-state index in [0.29, 0.717) is 0 Å². The Morgan fingerprint density at radius 2 is 2.36 bits per heavy atom. The zero-order chi connectivity index (χ0) is 8.85. The number of hydrogen-bond donors (Lipinski definition) is 3. The van der Waals surface area contributed by atoms with Crippen LogP contribution in [0.3, 0.4) is 0 Å².